The van der Waals surface area contributed by atoms with Crippen LogP contribution >= 0.6 is 0 Å². The quantitative estimate of drug-likeness (QED) is 0.740. The van der Waals surface area contributed by atoms with Gasteiger partial charge < -0.3 is 15.1 Å². The summed E-state index contributed by atoms with van der Waals surface area (Å²) in [6.45, 7) is 5.51. The van der Waals surface area contributed by atoms with Crippen molar-refractivity contribution < 1.29 is 4.79 Å². The summed E-state index contributed by atoms with van der Waals surface area (Å²) >= 11 is 0. The molecule has 0 aromatic carbocycles. The number of aromatic amines is 1. The number of nitrogens with zero attached hydrogens (tertiary/aromatic N) is 5. The Balaban J connectivity index is 1.40. The Morgan fingerprint density at radius 3 is 2.81 bits per heavy atom. The largest absolute Gasteiger partial charge is 0.347 e. The van der Waals surface area contributed by atoms with Gasteiger partial charge in [-0.1, -0.05) is 13.8 Å². The molecule has 1 saturated heterocycles. The van der Waals surface area contributed by atoms with Crippen LogP contribution in [-0.4, -0.2) is 57.7 Å². The number of rotatable bonds is 5. The highest BCUT2D eigenvalue weighted by molar-refractivity contribution is 5.85. The molecule has 0 radical (unpaired) electrons. The highest BCUT2D eigenvalue weighted by atomic mass is 16.2. The molecule has 0 unspecified atom stereocenters. The first-order valence-electron chi connectivity index (χ1n) is 12.0. The summed E-state index contributed by atoms with van der Waals surface area (Å²) in [5, 5.41) is 11.3. The van der Waals surface area contributed by atoms with Gasteiger partial charge in [0.15, 0.2) is 5.82 Å². The van der Waals surface area contributed by atoms with Crippen molar-refractivity contribution in [3.8, 4) is 0 Å². The Labute approximate surface area is 190 Å². The fourth-order valence-electron chi connectivity index (χ4n) is 5.64. The molecular weight excluding hydrogens is 402 g/mol. The summed E-state index contributed by atoms with van der Waals surface area (Å²) < 4.78 is 0. The number of nitrogens with one attached hydrogen (secondary N) is 2. The van der Waals surface area contributed by atoms with Crippen molar-refractivity contribution in [2.75, 3.05) is 30.9 Å². The topological polar surface area (TPSA) is 90.0 Å². The number of amides is 1. The number of hydrogen-bond donors (Lipinski definition) is 2. The number of hydrogen-bond acceptors (Lipinski definition) is 6. The van der Waals surface area contributed by atoms with E-state index in [1.165, 1.54) is 30.5 Å². The molecule has 2 atom stereocenters. The second kappa shape index (κ2) is 8.05. The van der Waals surface area contributed by atoms with E-state index in [1.54, 1.807) is 4.90 Å². The molecular formula is C24H35N7O. The van der Waals surface area contributed by atoms with Crippen molar-refractivity contribution in [1.82, 2.24) is 25.1 Å². The van der Waals surface area contributed by atoms with Gasteiger partial charge in [-0.2, -0.15) is 10.1 Å². The highest BCUT2D eigenvalue weighted by Gasteiger charge is 2.35. The predicted octanol–water partition coefficient (Wildman–Crippen LogP) is 3.78. The molecule has 172 valence electrons. The number of anilines is 3. The highest BCUT2D eigenvalue weighted by Crippen LogP contribution is 2.45. The van der Waals surface area contributed by atoms with Gasteiger partial charge in [0.05, 0.1) is 5.69 Å². The number of H-pyrrole nitrogens is 1. The average molecular weight is 438 g/mol. The van der Waals surface area contributed by atoms with E-state index in [2.05, 4.69) is 40.3 Å². The van der Waals surface area contributed by atoms with Gasteiger partial charge in [-0.15, -0.1) is 0 Å². The molecule has 2 aromatic heterocycles. The van der Waals surface area contributed by atoms with Gasteiger partial charge in [0.1, 0.15) is 11.9 Å². The minimum absolute atomic E-state index is 0.123. The first-order chi connectivity index (χ1) is 15.3. The van der Waals surface area contributed by atoms with E-state index in [1.807, 2.05) is 14.1 Å². The molecule has 2 N–H and O–H groups in total. The first-order valence-corrected chi connectivity index (χ1v) is 12.0. The fraction of sp³-hybridized carbons (Fsp3) is 0.667. The third-order valence-corrected chi connectivity index (χ3v) is 7.41. The van der Waals surface area contributed by atoms with Crippen LogP contribution in [0, 0.1) is 5.41 Å². The molecule has 2 fully saturated rings. The van der Waals surface area contributed by atoms with E-state index >= 15 is 0 Å². The number of carbonyl (C=O) groups is 1. The van der Waals surface area contributed by atoms with Crippen molar-refractivity contribution in [1.29, 1.82) is 0 Å². The molecule has 8 heteroatoms. The SMILES string of the molecule is CN(C)C(=O)[C@H]1CCCN1c1nc2c(c(Nc3cc([C@H]4CCC(C)(C)C4)[nH]n3)n1)CCC2. The maximum Gasteiger partial charge on any atom is 0.244 e. The summed E-state index contributed by atoms with van der Waals surface area (Å²) in [7, 11) is 3.63. The Hall–Kier alpha value is -2.64. The molecule has 3 aliphatic rings. The molecule has 3 heterocycles. The zero-order chi connectivity index (χ0) is 22.5. The van der Waals surface area contributed by atoms with Crippen molar-refractivity contribution in [2.45, 2.75) is 77.2 Å². The second-order valence-corrected chi connectivity index (χ2v) is 10.7. The van der Waals surface area contributed by atoms with Gasteiger partial charge in [0.25, 0.3) is 0 Å². The second-order valence-electron chi connectivity index (χ2n) is 10.7. The van der Waals surface area contributed by atoms with Gasteiger partial charge in [-0.25, -0.2) is 4.98 Å². The third-order valence-electron chi connectivity index (χ3n) is 7.41. The van der Waals surface area contributed by atoms with E-state index in [4.69, 9.17) is 9.97 Å². The van der Waals surface area contributed by atoms with Crippen LogP contribution in [-0.2, 0) is 17.6 Å². The lowest BCUT2D eigenvalue weighted by Crippen LogP contribution is -2.43. The molecule has 1 saturated carbocycles. The molecule has 5 rings (SSSR count). The van der Waals surface area contributed by atoms with Crippen LogP contribution in [0.25, 0.3) is 0 Å². The summed E-state index contributed by atoms with van der Waals surface area (Å²) in [6, 6.07) is 1.96. The standard InChI is InChI=1S/C24H35N7O/c1-24(2)11-10-15(14-24)18-13-20(29-28-18)26-21-16-7-5-8-17(16)25-23(27-21)31-12-6-9-19(31)22(32)30(3)4/h13,15,19H,5-12,14H2,1-4H3,(H2,25,26,27,28,29)/t15-,19+/m0/s1. The number of aromatic nitrogens is 4. The Kier molecular flexibility index (Phi) is 5.34. The molecule has 32 heavy (non-hydrogen) atoms. The molecule has 0 bridgehead atoms. The Bertz CT molecular complexity index is 1010. The molecule has 2 aromatic rings. The predicted molar refractivity (Wildman–Crippen MR) is 125 cm³/mol. The Morgan fingerprint density at radius 1 is 1.22 bits per heavy atom. The van der Waals surface area contributed by atoms with E-state index in [-0.39, 0.29) is 11.9 Å². The van der Waals surface area contributed by atoms with Gasteiger partial charge >= 0.3 is 0 Å². The smallest absolute Gasteiger partial charge is 0.244 e. The van der Waals surface area contributed by atoms with Crippen LogP contribution < -0.4 is 10.2 Å². The summed E-state index contributed by atoms with van der Waals surface area (Å²) in [5.74, 6) is 2.99. The summed E-state index contributed by atoms with van der Waals surface area (Å²) in [6.07, 6.45) is 8.51. The lowest BCUT2D eigenvalue weighted by molar-refractivity contribution is -0.129. The number of fused-ring (bicyclic) bond motifs is 1. The van der Waals surface area contributed by atoms with Crippen molar-refractivity contribution in [3.05, 3.63) is 23.0 Å². The molecule has 0 spiro atoms. The fourth-order valence-corrected chi connectivity index (χ4v) is 5.64. The Morgan fingerprint density at radius 2 is 2.06 bits per heavy atom. The van der Waals surface area contributed by atoms with Crippen LogP contribution in [0.15, 0.2) is 6.07 Å². The van der Waals surface area contributed by atoms with Crippen molar-refractivity contribution in [2.24, 2.45) is 5.41 Å². The monoisotopic (exact) mass is 437 g/mol. The normalized spacial score (nSPS) is 24.1. The van der Waals surface area contributed by atoms with Crippen LogP contribution in [0.2, 0.25) is 0 Å². The lowest BCUT2D eigenvalue weighted by atomic mass is 9.90. The van der Waals surface area contributed by atoms with Gasteiger partial charge in [-0.3, -0.25) is 9.89 Å². The van der Waals surface area contributed by atoms with Crippen LogP contribution in [0.5, 0.6) is 0 Å². The van der Waals surface area contributed by atoms with Gasteiger partial charge in [0, 0.05) is 43.9 Å². The first kappa shape index (κ1) is 21.2. The summed E-state index contributed by atoms with van der Waals surface area (Å²) in [5.41, 5.74) is 3.91. The zero-order valence-corrected chi connectivity index (χ0v) is 19.7. The number of likely N-dealkylation sites (N-methyl/N-ethyl adjacent to an activating group) is 1. The maximum absolute atomic E-state index is 12.7. The van der Waals surface area contributed by atoms with E-state index < -0.39 is 0 Å². The molecule has 2 aliphatic carbocycles. The average Bonchev–Trinajstić information content (AvgIpc) is 3.53. The number of carbonyl (C=O) groups excluding carboxylic acids is 1. The summed E-state index contributed by atoms with van der Waals surface area (Å²) in [4.78, 5) is 26.3. The number of aryl methyl sites for hydroxylation is 1. The minimum Gasteiger partial charge on any atom is -0.347 e. The van der Waals surface area contributed by atoms with Crippen LogP contribution in [0.1, 0.15) is 75.2 Å². The van der Waals surface area contributed by atoms with Gasteiger partial charge in [0.2, 0.25) is 11.9 Å². The lowest BCUT2D eigenvalue weighted by Gasteiger charge is -2.27. The third kappa shape index (κ3) is 3.95. The van der Waals surface area contributed by atoms with Crippen molar-refractivity contribution >= 4 is 23.5 Å². The van der Waals surface area contributed by atoms with Gasteiger partial charge in [-0.05, 0) is 56.8 Å². The molecule has 1 aliphatic heterocycles. The molecule has 8 nitrogen and oxygen atoms in total. The van der Waals surface area contributed by atoms with E-state index in [0.29, 0.717) is 17.3 Å². The van der Waals surface area contributed by atoms with Crippen LogP contribution in [0.4, 0.5) is 17.6 Å². The minimum atomic E-state index is -0.181. The van der Waals surface area contributed by atoms with Crippen molar-refractivity contribution in [3.63, 3.8) is 0 Å². The molecule has 1 amide bonds. The zero-order valence-electron chi connectivity index (χ0n) is 19.7. The van der Waals surface area contributed by atoms with Crippen LogP contribution in [0.3, 0.4) is 0 Å². The maximum atomic E-state index is 12.7. The van der Waals surface area contributed by atoms with E-state index in [0.717, 1.165) is 56.0 Å². The van der Waals surface area contributed by atoms with E-state index in [9.17, 15) is 4.79 Å².